The van der Waals surface area contributed by atoms with Crippen LogP contribution in [0.15, 0.2) is 34.4 Å². The number of nitrogens with zero attached hydrogens (tertiary/aromatic N) is 4. The third kappa shape index (κ3) is 4.35. The average molecular weight is 435 g/mol. The number of amides is 1. The molecule has 1 saturated heterocycles. The largest absolute Gasteiger partial charge is 0.338 e. The van der Waals surface area contributed by atoms with Crippen LogP contribution in [0, 0.1) is 5.92 Å². The fourth-order valence-corrected chi connectivity index (χ4v) is 6.68. The van der Waals surface area contributed by atoms with E-state index < -0.39 is 9.84 Å². The molecule has 156 valence electrons. The summed E-state index contributed by atoms with van der Waals surface area (Å²) in [5, 5.41) is 7.08. The molecule has 0 unspecified atom stereocenters. The Hall–Kier alpha value is -1.87. The second-order valence-corrected chi connectivity index (χ2v) is 11.3. The van der Waals surface area contributed by atoms with Crippen molar-refractivity contribution in [1.29, 1.82) is 0 Å². The Morgan fingerprint density at radius 2 is 2.14 bits per heavy atom. The summed E-state index contributed by atoms with van der Waals surface area (Å²) in [5.41, 5.74) is 2.08. The molecular weight excluding hydrogens is 408 g/mol. The van der Waals surface area contributed by atoms with E-state index in [0.717, 1.165) is 22.8 Å². The number of thioether (sulfide) groups is 1. The van der Waals surface area contributed by atoms with Gasteiger partial charge in [-0.3, -0.25) is 4.79 Å². The molecule has 1 amide bonds. The number of hydrogen-bond acceptors (Lipinski definition) is 7. The van der Waals surface area contributed by atoms with Crippen molar-refractivity contribution in [1.82, 2.24) is 9.91 Å². The van der Waals surface area contributed by atoms with Gasteiger partial charge >= 0.3 is 0 Å². The molecule has 3 aliphatic heterocycles. The number of benzene rings is 1. The maximum Gasteiger partial charge on any atom is 0.233 e. The van der Waals surface area contributed by atoms with Gasteiger partial charge in [0, 0.05) is 30.8 Å². The molecule has 0 aliphatic carbocycles. The van der Waals surface area contributed by atoms with Crippen molar-refractivity contribution in [2.24, 2.45) is 16.0 Å². The molecule has 0 aromatic heterocycles. The van der Waals surface area contributed by atoms with Crippen molar-refractivity contribution in [2.45, 2.75) is 38.8 Å². The molecule has 3 heterocycles. The molecule has 0 bridgehead atoms. The van der Waals surface area contributed by atoms with Crippen molar-refractivity contribution in [3.63, 3.8) is 0 Å². The standard InChI is InChI=1S/C20H26N4O3S2/c1-14(2)11-23(15-8-10-29(26,27)13-15)19(25)12-28-20-22-17-6-4-3-5-16(17)18-7-9-21-24(18)20/h3-6,9,14-15,18H,7-8,10-13H2,1-2H3/t15-,18-/m0/s1. The van der Waals surface area contributed by atoms with Crippen molar-refractivity contribution >= 4 is 44.6 Å². The van der Waals surface area contributed by atoms with E-state index in [9.17, 15) is 13.2 Å². The Labute approximate surface area is 176 Å². The molecule has 1 aromatic rings. The number of carbonyl (C=O) groups is 1. The molecule has 1 fully saturated rings. The summed E-state index contributed by atoms with van der Waals surface area (Å²) in [7, 11) is -3.04. The molecule has 0 N–H and O–H groups in total. The Morgan fingerprint density at radius 3 is 2.86 bits per heavy atom. The summed E-state index contributed by atoms with van der Waals surface area (Å²) in [6, 6.07) is 7.94. The second-order valence-electron chi connectivity index (χ2n) is 8.13. The monoisotopic (exact) mass is 434 g/mol. The predicted octanol–water partition coefficient (Wildman–Crippen LogP) is 2.83. The molecule has 0 radical (unpaired) electrons. The maximum absolute atomic E-state index is 13.1. The molecule has 4 rings (SSSR count). The van der Waals surface area contributed by atoms with Gasteiger partial charge in [0.2, 0.25) is 5.91 Å². The van der Waals surface area contributed by atoms with E-state index in [-0.39, 0.29) is 41.2 Å². The Bertz CT molecular complexity index is 958. The first-order chi connectivity index (χ1) is 13.8. The lowest BCUT2D eigenvalue weighted by atomic mass is 10.0. The van der Waals surface area contributed by atoms with Gasteiger partial charge < -0.3 is 4.90 Å². The first-order valence-corrected chi connectivity index (χ1v) is 12.8. The van der Waals surface area contributed by atoms with Crippen LogP contribution >= 0.6 is 11.8 Å². The van der Waals surface area contributed by atoms with Crippen LogP contribution in [-0.2, 0) is 14.6 Å². The average Bonchev–Trinajstić information content (AvgIpc) is 3.30. The van der Waals surface area contributed by atoms with E-state index in [1.54, 1.807) is 4.90 Å². The summed E-state index contributed by atoms with van der Waals surface area (Å²) in [6.45, 7) is 4.66. The lowest BCUT2D eigenvalue weighted by molar-refractivity contribution is -0.130. The second kappa shape index (κ2) is 8.10. The van der Waals surface area contributed by atoms with Crippen LogP contribution in [0.1, 0.15) is 38.3 Å². The van der Waals surface area contributed by atoms with Gasteiger partial charge in [0.15, 0.2) is 15.0 Å². The third-order valence-corrected chi connectivity index (χ3v) is 8.07. The molecule has 0 saturated carbocycles. The number of fused-ring (bicyclic) bond motifs is 3. The minimum Gasteiger partial charge on any atom is -0.338 e. The van der Waals surface area contributed by atoms with Crippen LogP contribution in [0.25, 0.3) is 0 Å². The highest BCUT2D eigenvalue weighted by atomic mass is 32.2. The van der Waals surface area contributed by atoms with Gasteiger partial charge in [-0.2, -0.15) is 5.10 Å². The number of aliphatic imine (C=N–C) groups is 1. The fourth-order valence-electron chi connectivity index (χ4n) is 4.06. The normalized spacial score (nSPS) is 24.4. The summed E-state index contributed by atoms with van der Waals surface area (Å²) in [5.74, 6) is 0.706. The smallest absolute Gasteiger partial charge is 0.233 e. The molecule has 7 nitrogen and oxygen atoms in total. The van der Waals surface area contributed by atoms with Crippen molar-refractivity contribution in [3.8, 4) is 0 Å². The molecule has 0 spiro atoms. The number of carbonyl (C=O) groups excluding carboxylic acids is 1. The summed E-state index contributed by atoms with van der Waals surface area (Å²) in [4.78, 5) is 19.5. The van der Waals surface area contributed by atoms with Gasteiger partial charge in [-0.1, -0.05) is 43.8 Å². The number of sulfone groups is 1. The number of para-hydroxylation sites is 1. The number of rotatable bonds is 5. The molecule has 9 heteroatoms. The van der Waals surface area contributed by atoms with Crippen molar-refractivity contribution in [3.05, 3.63) is 29.8 Å². The lowest BCUT2D eigenvalue weighted by Gasteiger charge is -2.32. The van der Waals surface area contributed by atoms with Crippen LogP contribution in [-0.4, -0.2) is 65.5 Å². The Balaban J connectivity index is 1.49. The highest BCUT2D eigenvalue weighted by Crippen LogP contribution is 2.40. The molecule has 29 heavy (non-hydrogen) atoms. The van der Waals surface area contributed by atoms with Gasteiger partial charge in [-0.25, -0.2) is 18.4 Å². The van der Waals surface area contributed by atoms with E-state index >= 15 is 0 Å². The van der Waals surface area contributed by atoms with Crippen LogP contribution < -0.4 is 0 Å². The topological polar surface area (TPSA) is 82.4 Å². The van der Waals surface area contributed by atoms with Gasteiger partial charge in [0.05, 0.1) is 29.0 Å². The maximum atomic E-state index is 13.1. The van der Waals surface area contributed by atoms with Gasteiger partial charge in [-0.15, -0.1) is 0 Å². The number of amidine groups is 1. The SMILES string of the molecule is CC(C)CN(C(=O)CSC1=Nc2ccccc2[C@@H]2CC=NN12)[C@H]1CCS(=O)(=O)C1. The summed E-state index contributed by atoms with van der Waals surface area (Å²) < 4.78 is 23.8. The molecule has 3 aliphatic rings. The minimum atomic E-state index is -3.04. The van der Waals surface area contributed by atoms with Crippen LogP contribution in [0.3, 0.4) is 0 Å². The zero-order chi connectivity index (χ0) is 20.6. The first kappa shape index (κ1) is 20.4. The van der Waals surface area contributed by atoms with Crippen LogP contribution in [0.4, 0.5) is 5.69 Å². The summed E-state index contributed by atoms with van der Waals surface area (Å²) >= 11 is 1.38. The predicted molar refractivity (Wildman–Crippen MR) is 117 cm³/mol. The minimum absolute atomic E-state index is 0.0351. The van der Waals surface area contributed by atoms with E-state index in [0.29, 0.717) is 13.0 Å². The Morgan fingerprint density at radius 1 is 1.34 bits per heavy atom. The number of hydrogen-bond donors (Lipinski definition) is 0. The zero-order valence-corrected chi connectivity index (χ0v) is 18.3. The first-order valence-electron chi connectivity index (χ1n) is 9.96. The van der Waals surface area contributed by atoms with E-state index in [1.807, 2.05) is 43.3 Å². The van der Waals surface area contributed by atoms with Gasteiger partial charge in [0.25, 0.3) is 0 Å². The quantitative estimate of drug-likeness (QED) is 0.712. The Kier molecular flexibility index (Phi) is 5.70. The van der Waals surface area contributed by atoms with Crippen molar-refractivity contribution in [2.75, 3.05) is 23.8 Å². The zero-order valence-electron chi connectivity index (χ0n) is 16.7. The number of hydrazone groups is 1. The van der Waals surface area contributed by atoms with Crippen LogP contribution in [0.2, 0.25) is 0 Å². The summed E-state index contributed by atoms with van der Waals surface area (Å²) in [6.07, 6.45) is 3.24. The van der Waals surface area contributed by atoms with E-state index in [4.69, 9.17) is 4.99 Å². The highest BCUT2D eigenvalue weighted by molar-refractivity contribution is 8.14. The highest BCUT2D eigenvalue weighted by Gasteiger charge is 2.36. The molecule has 2 atom stereocenters. The molecular formula is C20H26N4O3S2. The van der Waals surface area contributed by atoms with Gasteiger partial charge in [0.1, 0.15) is 0 Å². The van der Waals surface area contributed by atoms with Crippen LogP contribution in [0.5, 0.6) is 0 Å². The lowest BCUT2D eigenvalue weighted by Crippen LogP contribution is -2.44. The third-order valence-electron chi connectivity index (χ3n) is 5.39. The van der Waals surface area contributed by atoms with Crippen molar-refractivity contribution < 1.29 is 13.2 Å². The molecule has 1 aromatic carbocycles. The van der Waals surface area contributed by atoms with E-state index in [2.05, 4.69) is 11.2 Å². The van der Waals surface area contributed by atoms with E-state index in [1.165, 1.54) is 11.8 Å². The van der Waals surface area contributed by atoms with Gasteiger partial charge in [-0.05, 0) is 18.4 Å². The fraction of sp³-hybridized carbons (Fsp3) is 0.550.